The molecule has 0 unspecified atom stereocenters. The second-order valence-electron chi connectivity index (χ2n) is 4.80. The maximum Gasteiger partial charge on any atom is 0.186 e. The molecule has 0 N–H and O–H groups in total. The molecule has 17 heavy (non-hydrogen) atoms. The molecule has 0 atom stereocenters. The predicted octanol–water partition coefficient (Wildman–Crippen LogP) is 3.28. The van der Waals surface area contributed by atoms with Crippen LogP contribution in [0.3, 0.4) is 0 Å². The normalized spacial score (nSPS) is 15.7. The molecule has 1 fully saturated rings. The van der Waals surface area contributed by atoms with E-state index in [9.17, 15) is 4.79 Å². The third kappa shape index (κ3) is 2.68. The number of carbonyl (C=O) groups is 1. The van der Waals surface area contributed by atoms with Crippen molar-refractivity contribution in [1.82, 2.24) is 4.98 Å². The van der Waals surface area contributed by atoms with E-state index in [4.69, 9.17) is 0 Å². The number of hydrogen-bond acceptors (Lipinski definition) is 4. The van der Waals surface area contributed by atoms with Crippen LogP contribution in [0.5, 0.6) is 0 Å². The number of hydrogen-bond donors (Lipinski definition) is 0. The highest BCUT2D eigenvalue weighted by Gasteiger charge is 2.22. The predicted molar refractivity (Wildman–Crippen MR) is 72.1 cm³/mol. The molecular weight excluding hydrogens is 232 g/mol. The Labute approximate surface area is 107 Å². The van der Waals surface area contributed by atoms with Gasteiger partial charge in [-0.3, -0.25) is 4.79 Å². The van der Waals surface area contributed by atoms with Gasteiger partial charge in [0.25, 0.3) is 0 Å². The lowest BCUT2D eigenvalue weighted by molar-refractivity contribution is 0.102. The third-order valence-electron chi connectivity index (χ3n) is 3.46. The van der Waals surface area contributed by atoms with Crippen LogP contribution in [-0.4, -0.2) is 23.9 Å². The Balaban J connectivity index is 2.12. The Hall–Kier alpha value is -0.900. The molecule has 1 aliphatic rings. The molecule has 1 saturated carbocycles. The van der Waals surface area contributed by atoms with E-state index in [0.29, 0.717) is 0 Å². The zero-order chi connectivity index (χ0) is 12.4. The van der Waals surface area contributed by atoms with Crippen LogP contribution >= 0.6 is 11.3 Å². The van der Waals surface area contributed by atoms with E-state index in [1.165, 1.54) is 19.3 Å². The van der Waals surface area contributed by atoms with Crippen molar-refractivity contribution in [3.8, 4) is 0 Å². The molecule has 0 bridgehead atoms. The number of aromatic nitrogens is 1. The maximum atomic E-state index is 11.4. The molecule has 3 nitrogen and oxygen atoms in total. The van der Waals surface area contributed by atoms with Crippen molar-refractivity contribution in [1.29, 1.82) is 0 Å². The highest BCUT2D eigenvalue weighted by atomic mass is 32.1. The minimum Gasteiger partial charge on any atom is -0.348 e. The molecule has 0 radical (unpaired) electrons. The summed E-state index contributed by atoms with van der Waals surface area (Å²) in [6, 6.07) is 0. The summed E-state index contributed by atoms with van der Waals surface area (Å²) >= 11 is 1.54. The summed E-state index contributed by atoms with van der Waals surface area (Å²) < 4.78 is 0. The smallest absolute Gasteiger partial charge is 0.186 e. The summed E-state index contributed by atoms with van der Waals surface area (Å²) in [5.74, 6) is 0.964. The van der Waals surface area contributed by atoms with E-state index in [1.807, 2.05) is 6.92 Å². The van der Waals surface area contributed by atoms with Crippen molar-refractivity contribution in [3.05, 3.63) is 10.6 Å². The highest BCUT2D eigenvalue weighted by molar-refractivity contribution is 7.17. The zero-order valence-corrected chi connectivity index (χ0v) is 11.6. The van der Waals surface area contributed by atoms with Crippen LogP contribution in [0.25, 0.3) is 0 Å². The molecule has 2 rings (SSSR count). The second kappa shape index (κ2) is 5.17. The monoisotopic (exact) mass is 252 g/mol. The van der Waals surface area contributed by atoms with Crippen molar-refractivity contribution >= 4 is 22.3 Å². The lowest BCUT2D eigenvalue weighted by atomic mass is 9.85. The third-order valence-corrected chi connectivity index (χ3v) is 4.78. The molecule has 0 spiro atoms. The van der Waals surface area contributed by atoms with Crippen LogP contribution in [0.2, 0.25) is 0 Å². The number of Topliss-reactive ketones (excluding diaryl/α,β-unsaturated/α-hetero) is 1. The number of ketones is 1. The van der Waals surface area contributed by atoms with Gasteiger partial charge in [0.05, 0.1) is 10.6 Å². The molecule has 4 heteroatoms. The van der Waals surface area contributed by atoms with Crippen molar-refractivity contribution in [3.63, 3.8) is 0 Å². The fourth-order valence-corrected chi connectivity index (χ4v) is 3.21. The topological polar surface area (TPSA) is 33.2 Å². The van der Waals surface area contributed by atoms with E-state index in [0.717, 1.165) is 34.7 Å². The van der Waals surface area contributed by atoms with Gasteiger partial charge >= 0.3 is 0 Å². The van der Waals surface area contributed by atoms with Gasteiger partial charge in [-0.15, -0.1) is 0 Å². The first-order valence-corrected chi connectivity index (χ1v) is 7.16. The van der Waals surface area contributed by atoms with Gasteiger partial charge in [-0.1, -0.05) is 17.8 Å². The van der Waals surface area contributed by atoms with Crippen molar-refractivity contribution in [2.75, 3.05) is 18.0 Å². The van der Waals surface area contributed by atoms with E-state index in [2.05, 4.69) is 16.8 Å². The summed E-state index contributed by atoms with van der Waals surface area (Å²) in [6.45, 7) is 7.77. The van der Waals surface area contributed by atoms with Gasteiger partial charge in [0.2, 0.25) is 0 Å². The van der Waals surface area contributed by atoms with Crippen LogP contribution in [0.15, 0.2) is 0 Å². The first-order chi connectivity index (χ1) is 8.11. The van der Waals surface area contributed by atoms with Gasteiger partial charge in [0.1, 0.15) is 0 Å². The largest absolute Gasteiger partial charge is 0.348 e. The van der Waals surface area contributed by atoms with Crippen LogP contribution in [-0.2, 0) is 0 Å². The van der Waals surface area contributed by atoms with Crippen molar-refractivity contribution < 1.29 is 4.79 Å². The summed E-state index contributed by atoms with van der Waals surface area (Å²) in [7, 11) is 0. The zero-order valence-electron chi connectivity index (χ0n) is 10.8. The lowest BCUT2D eigenvalue weighted by Gasteiger charge is -2.31. The van der Waals surface area contributed by atoms with Gasteiger partial charge in [0.15, 0.2) is 10.9 Å². The first-order valence-electron chi connectivity index (χ1n) is 6.35. The second-order valence-corrected chi connectivity index (χ2v) is 5.78. The molecule has 1 heterocycles. The Morgan fingerprint density at radius 1 is 1.53 bits per heavy atom. The number of nitrogens with zero attached hydrogens (tertiary/aromatic N) is 2. The van der Waals surface area contributed by atoms with Crippen LogP contribution in [0.4, 0.5) is 5.13 Å². The summed E-state index contributed by atoms with van der Waals surface area (Å²) in [5, 5.41) is 1.02. The number of anilines is 1. The highest BCUT2D eigenvalue weighted by Crippen LogP contribution is 2.31. The fraction of sp³-hybridized carbons (Fsp3) is 0.692. The summed E-state index contributed by atoms with van der Waals surface area (Å²) in [5.41, 5.74) is 0.879. The molecule has 0 aliphatic heterocycles. The number of thiazole rings is 1. The minimum absolute atomic E-state index is 0.131. The van der Waals surface area contributed by atoms with E-state index in [-0.39, 0.29) is 5.78 Å². The standard InChI is InChI=1S/C13H20N2OS/c1-4-15(8-11-6-5-7-11)13-14-9(2)12(17-13)10(3)16/h11H,4-8H2,1-3H3. The van der Waals surface area contributed by atoms with Crippen LogP contribution in [0, 0.1) is 12.8 Å². The Bertz CT molecular complexity index is 410. The van der Waals surface area contributed by atoms with Gasteiger partial charge in [-0.2, -0.15) is 0 Å². The van der Waals surface area contributed by atoms with Crippen LogP contribution < -0.4 is 4.90 Å². The molecule has 94 valence electrons. The average molecular weight is 252 g/mol. The van der Waals surface area contributed by atoms with Crippen molar-refractivity contribution in [2.24, 2.45) is 5.92 Å². The number of aryl methyl sites for hydroxylation is 1. The molecule has 0 saturated heterocycles. The fourth-order valence-electron chi connectivity index (χ4n) is 2.17. The number of rotatable bonds is 5. The van der Waals surface area contributed by atoms with E-state index >= 15 is 0 Å². The molecular formula is C13H20N2OS. The molecule has 0 aromatic carbocycles. The Morgan fingerprint density at radius 3 is 2.65 bits per heavy atom. The quantitative estimate of drug-likeness (QED) is 0.754. The van der Waals surface area contributed by atoms with Gasteiger partial charge < -0.3 is 4.90 Å². The minimum atomic E-state index is 0.131. The molecule has 1 aromatic heterocycles. The van der Waals surface area contributed by atoms with Gasteiger partial charge in [-0.25, -0.2) is 4.98 Å². The maximum absolute atomic E-state index is 11.4. The number of carbonyl (C=O) groups excluding carboxylic acids is 1. The van der Waals surface area contributed by atoms with Gasteiger partial charge in [0, 0.05) is 20.0 Å². The van der Waals surface area contributed by atoms with Crippen molar-refractivity contribution in [2.45, 2.75) is 40.0 Å². The Morgan fingerprint density at radius 2 is 2.24 bits per heavy atom. The molecule has 1 aromatic rings. The first kappa shape index (κ1) is 12.6. The van der Waals surface area contributed by atoms with Crippen LogP contribution in [0.1, 0.15) is 48.5 Å². The van der Waals surface area contributed by atoms with E-state index in [1.54, 1.807) is 18.3 Å². The summed E-state index contributed by atoms with van der Waals surface area (Å²) in [6.07, 6.45) is 4.07. The summed E-state index contributed by atoms with van der Waals surface area (Å²) in [4.78, 5) is 19.1. The average Bonchev–Trinajstić information content (AvgIpc) is 2.59. The van der Waals surface area contributed by atoms with Gasteiger partial charge in [-0.05, 0) is 32.6 Å². The lowest BCUT2D eigenvalue weighted by Crippen LogP contribution is -2.32. The SMILES string of the molecule is CCN(CC1CCC1)c1nc(C)c(C(C)=O)s1. The van der Waals surface area contributed by atoms with E-state index < -0.39 is 0 Å². The molecule has 0 amide bonds. The Kier molecular flexibility index (Phi) is 3.82. The molecule has 1 aliphatic carbocycles.